The topological polar surface area (TPSA) is 645 Å². The Labute approximate surface area is 786 Å². The highest BCUT2D eigenvalue weighted by molar-refractivity contribution is 8.00. The number of fused-ring (bicyclic) bond motifs is 4. The van der Waals surface area contributed by atoms with E-state index < -0.39 is 222 Å². The van der Waals surface area contributed by atoms with Gasteiger partial charge in [-0.3, -0.25) is 82.1 Å². The van der Waals surface area contributed by atoms with E-state index in [0.717, 1.165) is 31.4 Å². The van der Waals surface area contributed by atoms with Crippen molar-refractivity contribution in [3.8, 4) is 5.75 Å². The van der Waals surface area contributed by atoms with Crippen LogP contribution in [0.1, 0.15) is 140 Å². The third-order valence-electron chi connectivity index (χ3n) is 24.4. The number of guanidine groups is 1. The molecule has 16 amide bonds. The third kappa shape index (κ3) is 29.4. The highest BCUT2D eigenvalue weighted by Gasteiger charge is 2.47. The largest absolute Gasteiger partial charge is 0.508 e. The van der Waals surface area contributed by atoms with Gasteiger partial charge in [0.15, 0.2) is 5.96 Å². The van der Waals surface area contributed by atoms with Crippen LogP contribution in [-0.4, -0.2) is 323 Å². The molecule has 44 heteroatoms. The first-order chi connectivity index (χ1) is 64.4. The van der Waals surface area contributed by atoms with Crippen LogP contribution >= 0.6 is 11.8 Å². The van der Waals surface area contributed by atoms with Crippen LogP contribution in [0, 0.1) is 11.3 Å². The number of hydrogen-bond donors (Lipinski definition) is 21. The molecule has 15 atom stereocenters. The molecule has 734 valence electrons. The Hall–Kier alpha value is -13.2. The summed E-state index contributed by atoms with van der Waals surface area (Å²) in [4.78, 5) is 257. The number of H-pyrrole nitrogens is 3. The number of aromatic nitrogens is 4. The molecule has 9 rings (SSSR count). The van der Waals surface area contributed by atoms with Gasteiger partial charge in [0.1, 0.15) is 90.3 Å². The molecule has 6 heterocycles. The predicted molar refractivity (Wildman–Crippen MR) is 500 cm³/mol. The number of nitrogens with two attached hydrogens (primary N) is 3. The normalized spacial score (nSPS) is 24.8. The van der Waals surface area contributed by atoms with Crippen LogP contribution in [0.25, 0.3) is 21.8 Å². The number of aliphatic hydroxyl groups is 2. The van der Waals surface area contributed by atoms with Gasteiger partial charge in [-0.2, -0.15) is 0 Å². The van der Waals surface area contributed by atoms with Gasteiger partial charge in [0.25, 0.3) is 0 Å². The van der Waals surface area contributed by atoms with Crippen molar-refractivity contribution in [2.75, 3.05) is 72.0 Å². The second-order valence-electron chi connectivity index (χ2n) is 34.9. The molecule has 0 radical (unpaired) electrons. The number of para-hydroxylation sites is 2. The lowest BCUT2D eigenvalue weighted by atomic mass is 10.00. The van der Waals surface area contributed by atoms with Gasteiger partial charge in [0, 0.05) is 119 Å². The lowest BCUT2D eigenvalue weighted by Gasteiger charge is -2.36. The number of rotatable bonds is 26. The molecule has 6 aromatic rings. The van der Waals surface area contributed by atoms with E-state index in [-0.39, 0.29) is 120 Å². The number of likely N-dealkylation sites (N-methyl/N-ethyl adjacent to an activating group) is 3. The number of nitrogens with zero attached hydrogens (tertiary/aromatic N) is 6. The number of primary amides is 1. The van der Waals surface area contributed by atoms with Crippen LogP contribution in [0.4, 0.5) is 0 Å². The average molecular weight is 1900 g/mol. The summed E-state index contributed by atoms with van der Waals surface area (Å²) in [5.74, 6) is -16.1. The van der Waals surface area contributed by atoms with Crippen LogP contribution in [0.5, 0.6) is 5.75 Å². The molecule has 0 bridgehead atoms. The molecule has 0 spiro atoms. The Morgan fingerprint density at radius 2 is 1.10 bits per heavy atom. The van der Waals surface area contributed by atoms with E-state index in [1.54, 1.807) is 74.8 Å². The third-order valence-corrected chi connectivity index (χ3v) is 25.4. The lowest BCUT2D eigenvalue weighted by Crippen LogP contribution is -2.62. The van der Waals surface area contributed by atoms with Crippen molar-refractivity contribution >= 4 is 134 Å². The second-order valence-corrected chi connectivity index (χ2v) is 35.9. The summed E-state index contributed by atoms with van der Waals surface area (Å²) in [6.07, 6.45) is 4.84. The number of phenolic OH excluding ortho intramolecular Hbond substituents is 1. The van der Waals surface area contributed by atoms with Crippen LogP contribution in [0.15, 0.2) is 97.7 Å². The van der Waals surface area contributed by atoms with Gasteiger partial charge in [-0.1, -0.05) is 102 Å². The molecular weight excluding hydrogens is 1770 g/mol. The van der Waals surface area contributed by atoms with E-state index in [0.29, 0.717) is 64.2 Å². The van der Waals surface area contributed by atoms with Gasteiger partial charge in [0.2, 0.25) is 94.5 Å². The summed E-state index contributed by atoms with van der Waals surface area (Å²) in [6, 6.07) is -1.25. The summed E-state index contributed by atoms with van der Waals surface area (Å²) in [7, 11) is 3.98. The highest BCUT2D eigenvalue weighted by Crippen LogP contribution is 2.28. The maximum Gasteiger partial charge on any atom is 0.245 e. The maximum atomic E-state index is 15.8. The fourth-order valence-electron chi connectivity index (χ4n) is 16.8. The summed E-state index contributed by atoms with van der Waals surface area (Å²) >= 11 is 0.787. The number of phenols is 1. The van der Waals surface area contributed by atoms with Crippen molar-refractivity contribution in [2.45, 2.75) is 234 Å². The molecule has 43 nitrogen and oxygen atoms in total. The van der Waals surface area contributed by atoms with E-state index in [4.69, 9.17) is 22.6 Å². The minimum Gasteiger partial charge on any atom is -0.508 e. The van der Waals surface area contributed by atoms with Gasteiger partial charge in [-0.15, -0.1) is 11.8 Å². The van der Waals surface area contributed by atoms with E-state index in [1.807, 2.05) is 13.8 Å². The molecule has 24 N–H and O–H groups in total. The van der Waals surface area contributed by atoms with E-state index in [1.165, 1.54) is 69.8 Å². The predicted octanol–water partition coefficient (Wildman–Crippen LogP) is -2.46. The number of carbonyl (C=O) groups excluding carboxylic acids is 16. The number of aliphatic hydroxyl groups excluding tert-OH is 2. The number of imidazole rings is 1. The number of amides is 16. The van der Waals surface area contributed by atoms with Gasteiger partial charge < -0.3 is 130 Å². The minimum atomic E-state index is -1.88. The van der Waals surface area contributed by atoms with Crippen LogP contribution < -0.4 is 75.7 Å². The zero-order chi connectivity index (χ0) is 98.4. The summed E-state index contributed by atoms with van der Waals surface area (Å²) in [6.45, 7) is 6.14. The van der Waals surface area contributed by atoms with Crippen molar-refractivity contribution < 1.29 is 92.0 Å². The number of unbranched alkanes of at least 4 members (excludes halogenated alkanes) is 2. The number of carbonyl (C=O) groups is 16. The number of aromatic hydroxyl groups is 1. The van der Waals surface area contributed by atoms with E-state index in [9.17, 15) is 53.7 Å². The molecule has 3 aliphatic rings. The number of aromatic amines is 3. The average Bonchev–Trinajstić information content (AvgIpc) is 1.70. The van der Waals surface area contributed by atoms with Crippen molar-refractivity contribution in [3.63, 3.8) is 0 Å². The molecule has 3 fully saturated rings. The molecule has 3 aliphatic heterocycles. The fourth-order valence-corrected chi connectivity index (χ4v) is 17.7. The van der Waals surface area contributed by atoms with Gasteiger partial charge >= 0.3 is 0 Å². The Morgan fingerprint density at radius 3 is 1.70 bits per heavy atom. The Bertz CT molecular complexity index is 5150. The zero-order valence-corrected chi connectivity index (χ0v) is 78.2. The molecule has 3 aromatic carbocycles. The van der Waals surface area contributed by atoms with Crippen molar-refractivity contribution in [2.24, 2.45) is 23.1 Å². The molecule has 0 aliphatic carbocycles. The number of hydrogen-bond acceptors (Lipinski definition) is 23. The van der Waals surface area contributed by atoms with Crippen molar-refractivity contribution in [1.29, 1.82) is 5.41 Å². The number of nitrogens with one attached hydrogen (secondary N) is 15. The number of thioether (sulfide) groups is 1. The van der Waals surface area contributed by atoms with Crippen LogP contribution in [0.3, 0.4) is 0 Å². The first kappa shape index (κ1) is 105. The molecule has 3 saturated heterocycles. The fraction of sp³-hybridized carbons (Fsp3) is 0.538. The summed E-state index contributed by atoms with van der Waals surface area (Å²) in [5, 5.41) is 71.5. The first-order valence-corrected chi connectivity index (χ1v) is 46.8. The lowest BCUT2D eigenvalue weighted by molar-refractivity contribution is -0.149. The van der Waals surface area contributed by atoms with Crippen LogP contribution in [-0.2, 0) is 102 Å². The smallest absolute Gasteiger partial charge is 0.245 e. The summed E-state index contributed by atoms with van der Waals surface area (Å²) in [5.41, 5.74) is 20.2. The van der Waals surface area contributed by atoms with Gasteiger partial charge in [-0.25, -0.2) is 4.98 Å². The zero-order valence-electron chi connectivity index (χ0n) is 77.4. The molecule has 0 unspecified atom stereocenters. The molecule has 3 aromatic heterocycles. The summed E-state index contributed by atoms with van der Waals surface area (Å²) < 4.78 is 0. The monoisotopic (exact) mass is 1890 g/mol. The highest BCUT2D eigenvalue weighted by atomic mass is 32.2. The van der Waals surface area contributed by atoms with Gasteiger partial charge in [0.05, 0.1) is 37.0 Å². The van der Waals surface area contributed by atoms with E-state index in [2.05, 4.69) is 78.4 Å². The Kier molecular flexibility index (Phi) is 39.6. The van der Waals surface area contributed by atoms with Gasteiger partial charge in [-0.05, 0) is 112 Å². The van der Waals surface area contributed by atoms with Crippen molar-refractivity contribution in [3.05, 3.63) is 120 Å². The maximum absolute atomic E-state index is 15.8. The Balaban J connectivity index is 1.10. The minimum absolute atomic E-state index is 0.00399. The Morgan fingerprint density at radius 1 is 0.563 bits per heavy atom. The molecule has 135 heavy (non-hydrogen) atoms. The molecular formula is C91H130N24O19S. The molecule has 0 saturated carbocycles. The quantitative estimate of drug-likeness (QED) is 0.0152. The SMILES string of the molecule is CCCC[C@H]1C(=O)N(C)[C@@H](CCCC)C(=O)N[C@@H](CCCNC(=N)N)C(=O)N[C@H](C(=O)NCC(N)=O)CSCC(=O)N[C@@H](Cc2ccc(O)cc2)C(=O)N(C)[C@@H](C)C(=O)N[C@@H](CCN)C(=O)N2CCC[C@H]2C(=O)N[C@@H](Cc2c[nH]cn2)C(=O)N[C@@H](CC(C)C)C(=O)N2C[C@H](O)C[C@H]2C(=O)N[C@@H](Cc2c[nH]c3ccccc23)C(=O)N[C@@H](CO)C(=O)N[C@@H](Cc2c[nH]c3ccccc23)C(=O)N1C. The van der Waals surface area contributed by atoms with E-state index >= 15 is 38.4 Å². The second kappa shape index (κ2) is 50.7. The standard InChI is InChI=1S/C91H130N24O19S/c1-9-11-24-71-83(127)103-62(23-17-33-97-91(94)95)79(123)110-70(78(122)100-44-75(93)119)47-135-48-76(120)102-67(36-52-27-29-56(117)30-28-52)86(130)111(6)51(5)77(121)104-63(31-32-92)88(132)114-34-18-26-72(114)84(128)106-65(39-55-43-96-49-101-55)81(125)107-66(35-50(3)4)89(133)115-45-57(118)40-74(115)85(129)105-64(37-53-41-98-60-21-15-13-19-58(53)60)80(124)109-69(46-116)82(126)108-68(38-54-42-99-61-22-16-14-20-59(54)61)87(131)113(8)73(25-12-10-2)90(134)112(71)7/h13-16,19-22,27-30,41-43,49-51,57,62-74,98-99,116-118H,9-12,17-18,23-26,31-40,44-48,92H2,1-8H3,(H2,93,119)(H,96,101)(H,100,122)(H,102,120)(H,103,127)(H,104,121)(H,105,129)(H,106,128)(H,107,125)(H,108,126)(H,109,124)(H,110,123)(H4,94,95,97)/t51-,57+,62-,63-,64-,65-,66-,67-,68-,69-,70-,71-,72-,73-,74-/m0/s1. The van der Waals surface area contributed by atoms with Crippen LogP contribution in [0.2, 0.25) is 0 Å². The first-order valence-electron chi connectivity index (χ1n) is 45.6. The van der Waals surface area contributed by atoms with Crippen molar-refractivity contribution in [1.82, 2.24) is 103 Å². The number of benzene rings is 3.